The summed E-state index contributed by atoms with van der Waals surface area (Å²) in [6, 6.07) is 0. The third kappa shape index (κ3) is 4.49. The quantitative estimate of drug-likeness (QED) is 0.711. The Morgan fingerprint density at radius 1 is 1.38 bits per heavy atom. The molecule has 0 aromatic carbocycles. The molecule has 0 radical (unpaired) electrons. The first-order chi connectivity index (χ1) is 12.5. The smallest absolute Gasteiger partial charge is 0.222 e. The van der Waals surface area contributed by atoms with E-state index in [1.165, 1.54) is 0 Å². The lowest BCUT2D eigenvalue weighted by Crippen LogP contribution is -2.45. The number of carbonyl (C=O) groups is 1. The van der Waals surface area contributed by atoms with Gasteiger partial charge in [-0.2, -0.15) is 10.2 Å². The standard InChI is InChI=1S/C19H26N4O2S/c1-3-4-6-19(21-22-19)7-5-17(25)23-10-8-18(14-24,9-11-23)12-16-13-26-15(2)20-16/h1,13,24H,4-12,14H2,2H3. The number of aromatic nitrogens is 1. The van der Waals surface area contributed by atoms with Crippen LogP contribution in [0.1, 0.15) is 49.2 Å². The van der Waals surface area contributed by atoms with Gasteiger partial charge in [0.05, 0.1) is 10.7 Å². The Morgan fingerprint density at radius 3 is 2.65 bits per heavy atom. The first-order valence-corrected chi connectivity index (χ1v) is 10.0. The summed E-state index contributed by atoms with van der Waals surface area (Å²) in [5, 5.41) is 21.3. The number of carbonyl (C=O) groups excluding carboxylic acids is 1. The summed E-state index contributed by atoms with van der Waals surface area (Å²) in [5.74, 6) is 2.76. The lowest BCUT2D eigenvalue weighted by atomic mass is 9.75. The molecule has 1 N–H and O–H groups in total. The number of hydrogen-bond acceptors (Lipinski definition) is 6. The monoisotopic (exact) mass is 374 g/mol. The Balaban J connectivity index is 1.47. The molecule has 0 atom stereocenters. The Hall–Kier alpha value is -1.78. The number of rotatable bonds is 8. The molecule has 3 rings (SSSR count). The van der Waals surface area contributed by atoms with Crippen LogP contribution in [0.4, 0.5) is 0 Å². The highest BCUT2D eigenvalue weighted by atomic mass is 32.1. The van der Waals surface area contributed by atoms with Gasteiger partial charge in [-0.05, 0) is 26.2 Å². The Morgan fingerprint density at radius 2 is 2.12 bits per heavy atom. The molecule has 26 heavy (non-hydrogen) atoms. The highest BCUT2D eigenvalue weighted by Gasteiger charge is 2.41. The predicted molar refractivity (Wildman–Crippen MR) is 101 cm³/mol. The van der Waals surface area contributed by atoms with Crippen molar-refractivity contribution >= 4 is 17.2 Å². The molecule has 0 bridgehead atoms. The summed E-state index contributed by atoms with van der Waals surface area (Å²) in [7, 11) is 0. The molecule has 3 heterocycles. The van der Waals surface area contributed by atoms with E-state index in [0.29, 0.717) is 32.4 Å². The van der Waals surface area contributed by atoms with Crippen molar-refractivity contribution in [2.45, 2.75) is 57.5 Å². The van der Waals surface area contributed by atoms with E-state index in [1.807, 2.05) is 11.8 Å². The van der Waals surface area contributed by atoms with E-state index in [4.69, 9.17) is 6.42 Å². The van der Waals surface area contributed by atoms with Crippen LogP contribution in [0, 0.1) is 24.7 Å². The zero-order valence-electron chi connectivity index (χ0n) is 15.3. The molecule has 0 unspecified atom stereocenters. The van der Waals surface area contributed by atoms with Gasteiger partial charge in [0, 0.05) is 56.2 Å². The van der Waals surface area contributed by atoms with Gasteiger partial charge >= 0.3 is 0 Å². The third-order valence-corrected chi connectivity index (χ3v) is 6.35. The second kappa shape index (κ2) is 7.85. The minimum Gasteiger partial charge on any atom is -0.396 e. The molecule has 7 heteroatoms. The number of piperidine rings is 1. The van der Waals surface area contributed by atoms with E-state index in [-0.39, 0.29) is 17.9 Å². The number of amides is 1. The maximum atomic E-state index is 12.5. The van der Waals surface area contributed by atoms with Crippen molar-refractivity contribution in [1.29, 1.82) is 0 Å². The van der Waals surface area contributed by atoms with Crippen molar-refractivity contribution in [2.75, 3.05) is 19.7 Å². The molecule has 2 aliphatic heterocycles. The van der Waals surface area contributed by atoms with Crippen LogP contribution in [0.15, 0.2) is 15.6 Å². The number of aliphatic hydroxyl groups excluding tert-OH is 1. The number of hydrogen-bond donors (Lipinski definition) is 1. The Labute approximate surface area is 158 Å². The molecule has 140 valence electrons. The van der Waals surface area contributed by atoms with Gasteiger partial charge in [-0.1, -0.05) is 0 Å². The molecule has 0 aliphatic carbocycles. The predicted octanol–water partition coefficient (Wildman–Crippen LogP) is 2.95. The molecule has 1 aromatic rings. The summed E-state index contributed by atoms with van der Waals surface area (Å²) in [4.78, 5) is 19.0. The van der Waals surface area contributed by atoms with E-state index >= 15 is 0 Å². The molecule has 1 saturated heterocycles. The van der Waals surface area contributed by atoms with Crippen LogP contribution < -0.4 is 0 Å². The summed E-state index contributed by atoms with van der Waals surface area (Å²) >= 11 is 1.64. The largest absolute Gasteiger partial charge is 0.396 e. The van der Waals surface area contributed by atoms with Crippen LogP contribution in [-0.2, 0) is 11.2 Å². The molecular formula is C19H26N4O2S. The molecule has 2 aliphatic rings. The average Bonchev–Trinajstić information content (AvgIpc) is 3.32. The minimum absolute atomic E-state index is 0.137. The number of thiazole rings is 1. The number of aryl methyl sites for hydroxylation is 1. The molecule has 1 fully saturated rings. The van der Waals surface area contributed by atoms with Gasteiger partial charge in [-0.3, -0.25) is 4.79 Å². The molecule has 0 spiro atoms. The maximum Gasteiger partial charge on any atom is 0.222 e. The summed E-state index contributed by atoms with van der Waals surface area (Å²) in [6.45, 7) is 3.51. The zero-order valence-corrected chi connectivity index (χ0v) is 16.1. The van der Waals surface area contributed by atoms with E-state index in [1.54, 1.807) is 11.3 Å². The SMILES string of the molecule is C#CCCC1(CCC(=O)N2CCC(CO)(Cc3csc(C)n3)CC2)N=N1. The second-order valence-corrected chi connectivity index (χ2v) is 8.52. The summed E-state index contributed by atoms with van der Waals surface area (Å²) in [6.07, 6.45) is 10.2. The topological polar surface area (TPSA) is 78.2 Å². The van der Waals surface area contributed by atoms with E-state index in [9.17, 15) is 9.90 Å². The minimum atomic E-state index is -0.394. The van der Waals surface area contributed by atoms with Crippen LogP contribution in [0.25, 0.3) is 0 Å². The molecule has 6 nitrogen and oxygen atoms in total. The Bertz CT molecular complexity index is 707. The fourth-order valence-corrected chi connectivity index (χ4v) is 4.24. The van der Waals surface area contributed by atoms with Crippen molar-refractivity contribution < 1.29 is 9.90 Å². The van der Waals surface area contributed by atoms with Crippen LogP contribution >= 0.6 is 11.3 Å². The van der Waals surface area contributed by atoms with Crippen LogP contribution in [-0.4, -0.2) is 46.3 Å². The van der Waals surface area contributed by atoms with E-state index in [0.717, 1.165) is 36.4 Å². The van der Waals surface area contributed by atoms with Crippen LogP contribution in [0.5, 0.6) is 0 Å². The lowest BCUT2D eigenvalue weighted by Gasteiger charge is -2.40. The average molecular weight is 375 g/mol. The van der Waals surface area contributed by atoms with Crippen molar-refractivity contribution in [3.05, 3.63) is 16.1 Å². The third-order valence-electron chi connectivity index (χ3n) is 5.53. The van der Waals surface area contributed by atoms with Gasteiger partial charge in [-0.25, -0.2) is 4.98 Å². The van der Waals surface area contributed by atoms with Crippen LogP contribution in [0.3, 0.4) is 0 Å². The lowest BCUT2D eigenvalue weighted by molar-refractivity contribution is -0.134. The first-order valence-electron chi connectivity index (χ1n) is 9.17. The van der Waals surface area contributed by atoms with Crippen LogP contribution in [0.2, 0.25) is 0 Å². The molecule has 1 aromatic heterocycles. The van der Waals surface area contributed by atoms with E-state index < -0.39 is 5.66 Å². The van der Waals surface area contributed by atoms with Crippen molar-refractivity contribution in [2.24, 2.45) is 15.6 Å². The fraction of sp³-hybridized carbons (Fsp3) is 0.684. The highest BCUT2D eigenvalue weighted by Crippen LogP contribution is 2.39. The summed E-state index contributed by atoms with van der Waals surface area (Å²) in [5.41, 5.74) is 0.496. The normalized spacial score (nSPS) is 20.0. The van der Waals surface area contributed by atoms with Crippen molar-refractivity contribution in [3.63, 3.8) is 0 Å². The molecule has 0 saturated carbocycles. The number of likely N-dealkylation sites (tertiary alicyclic amines) is 1. The van der Waals surface area contributed by atoms with Crippen molar-refractivity contribution in [1.82, 2.24) is 9.88 Å². The Kier molecular flexibility index (Phi) is 5.73. The number of terminal acetylenes is 1. The van der Waals surface area contributed by atoms with Gasteiger partial charge < -0.3 is 10.0 Å². The van der Waals surface area contributed by atoms with Crippen molar-refractivity contribution in [3.8, 4) is 12.3 Å². The highest BCUT2D eigenvalue weighted by molar-refractivity contribution is 7.09. The zero-order chi connectivity index (χ0) is 18.6. The van der Waals surface area contributed by atoms with E-state index in [2.05, 4.69) is 26.5 Å². The maximum absolute atomic E-state index is 12.5. The number of aliphatic hydroxyl groups is 1. The first kappa shape index (κ1) is 19.0. The van der Waals surface area contributed by atoms with Gasteiger partial charge in [-0.15, -0.1) is 23.7 Å². The number of nitrogens with zero attached hydrogens (tertiary/aromatic N) is 4. The fourth-order valence-electron chi connectivity index (χ4n) is 3.63. The van der Waals surface area contributed by atoms with Gasteiger partial charge in [0.2, 0.25) is 5.91 Å². The molecular weight excluding hydrogens is 348 g/mol. The van der Waals surface area contributed by atoms with Gasteiger partial charge in [0.15, 0.2) is 5.66 Å². The molecule has 1 amide bonds. The summed E-state index contributed by atoms with van der Waals surface area (Å²) < 4.78 is 0. The van der Waals surface area contributed by atoms with Gasteiger partial charge in [0.25, 0.3) is 0 Å². The van der Waals surface area contributed by atoms with Gasteiger partial charge in [0.1, 0.15) is 0 Å². The second-order valence-electron chi connectivity index (χ2n) is 7.46.